The van der Waals surface area contributed by atoms with E-state index in [1.54, 1.807) is 17.1 Å². The van der Waals surface area contributed by atoms with Crippen LogP contribution in [0.4, 0.5) is 5.69 Å². The van der Waals surface area contributed by atoms with E-state index in [2.05, 4.69) is 16.5 Å². The standard InChI is InChI=1S/C14H20N4O/c1-11(2)18-9-12(8-16-18)17-13(19)14(10-15)6-4-3-5-7-14/h8-9,11H,3-7H2,1-2H3,(H,17,19). The summed E-state index contributed by atoms with van der Waals surface area (Å²) in [6.45, 7) is 4.05. The van der Waals surface area contributed by atoms with Crippen molar-refractivity contribution in [3.05, 3.63) is 12.4 Å². The Balaban J connectivity index is 2.09. The Bertz CT molecular complexity index is 492. The summed E-state index contributed by atoms with van der Waals surface area (Å²) in [6, 6.07) is 2.48. The van der Waals surface area contributed by atoms with E-state index >= 15 is 0 Å². The lowest BCUT2D eigenvalue weighted by atomic mass is 9.74. The zero-order valence-corrected chi connectivity index (χ0v) is 11.5. The van der Waals surface area contributed by atoms with Crippen molar-refractivity contribution < 1.29 is 4.79 Å². The molecule has 0 aromatic carbocycles. The van der Waals surface area contributed by atoms with Crippen molar-refractivity contribution in [2.45, 2.75) is 52.0 Å². The zero-order chi connectivity index (χ0) is 13.9. The van der Waals surface area contributed by atoms with Gasteiger partial charge in [-0.15, -0.1) is 0 Å². The topological polar surface area (TPSA) is 70.7 Å². The molecule has 1 aromatic rings. The first-order valence-electron chi connectivity index (χ1n) is 6.84. The summed E-state index contributed by atoms with van der Waals surface area (Å²) in [4.78, 5) is 12.3. The van der Waals surface area contributed by atoms with Crippen LogP contribution >= 0.6 is 0 Å². The van der Waals surface area contributed by atoms with Crippen LogP contribution in [-0.4, -0.2) is 15.7 Å². The molecule has 0 unspecified atom stereocenters. The largest absolute Gasteiger partial charge is 0.322 e. The van der Waals surface area contributed by atoms with Crippen molar-refractivity contribution in [3.63, 3.8) is 0 Å². The number of nitrogens with one attached hydrogen (secondary N) is 1. The molecule has 1 amide bonds. The van der Waals surface area contributed by atoms with E-state index in [9.17, 15) is 10.1 Å². The molecular weight excluding hydrogens is 240 g/mol. The molecule has 1 aliphatic carbocycles. The van der Waals surface area contributed by atoms with Gasteiger partial charge in [-0.25, -0.2) is 0 Å². The summed E-state index contributed by atoms with van der Waals surface area (Å²) < 4.78 is 1.79. The number of hydrogen-bond acceptors (Lipinski definition) is 3. The Morgan fingerprint density at radius 1 is 1.47 bits per heavy atom. The maximum absolute atomic E-state index is 12.3. The van der Waals surface area contributed by atoms with Gasteiger partial charge in [0, 0.05) is 12.2 Å². The van der Waals surface area contributed by atoms with Crippen molar-refractivity contribution in [1.82, 2.24) is 9.78 Å². The molecule has 0 bridgehead atoms. The summed E-state index contributed by atoms with van der Waals surface area (Å²) in [5.41, 5.74) is -0.183. The highest BCUT2D eigenvalue weighted by atomic mass is 16.2. The molecule has 0 saturated heterocycles. The summed E-state index contributed by atoms with van der Waals surface area (Å²) >= 11 is 0. The third kappa shape index (κ3) is 2.78. The van der Waals surface area contributed by atoms with Crippen LogP contribution in [0.1, 0.15) is 52.0 Å². The molecule has 0 spiro atoms. The minimum absolute atomic E-state index is 0.182. The first-order chi connectivity index (χ1) is 9.07. The van der Waals surface area contributed by atoms with Crippen LogP contribution in [0.5, 0.6) is 0 Å². The zero-order valence-electron chi connectivity index (χ0n) is 11.5. The van der Waals surface area contributed by atoms with Gasteiger partial charge in [0.2, 0.25) is 5.91 Å². The molecule has 1 N–H and O–H groups in total. The molecule has 0 radical (unpaired) electrons. The molecule has 0 aliphatic heterocycles. The lowest BCUT2D eigenvalue weighted by molar-refractivity contribution is -0.124. The fraction of sp³-hybridized carbons (Fsp3) is 0.643. The number of carbonyl (C=O) groups excluding carboxylic acids is 1. The molecule has 19 heavy (non-hydrogen) atoms. The number of nitriles is 1. The summed E-state index contributed by atoms with van der Waals surface area (Å²) in [6.07, 6.45) is 7.77. The predicted molar refractivity (Wildman–Crippen MR) is 72.4 cm³/mol. The number of rotatable bonds is 3. The minimum Gasteiger partial charge on any atom is -0.322 e. The molecule has 1 saturated carbocycles. The SMILES string of the molecule is CC(C)n1cc(NC(=O)C2(C#N)CCCCC2)cn1. The first-order valence-corrected chi connectivity index (χ1v) is 6.84. The average molecular weight is 260 g/mol. The maximum atomic E-state index is 12.3. The Hall–Kier alpha value is -1.83. The molecule has 2 rings (SSSR count). The number of nitrogens with zero attached hydrogens (tertiary/aromatic N) is 3. The Labute approximate surface area is 113 Å². The van der Waals surface area contributed by atoms with Crippen LogP contribution in [0.3, 0.4) is 0 Å². The van der Waals surface area contributed by atoms with Gasteiger partial charge in [0.25, 0.3) is 0 Å². The lowest BCUT2D eigenvalue weighted by Gasteiger charge is -2.28. The van der Waals surface area contributed by atoms with E-state index in [1.807, 2.05) is 13.8 Å². The van der Waals surface area contributed by atoms with Gasteiger partial charge < -0.3 is 5.32 Å². The first kappa shape index (κ1) is 13.6. The van der Waals surface area contributed by atoms with E-state index in [0.29, 0.717) is 18.5 Å². The number of hydrogen-bond donors (Lipinski definition) is 1. The molecule has 1 aliphatic rings. The molecule has 102 valence electrons. The van der Waals surface area contributed by atoms with Crippen molar-refractivity contribution >= 4 is 11.6 Å². The number of amides is 1. The third-order valence-corrected chi connectivity index (χ3v) is 3.74. The maximum Gasteiger partial charge on any atom is 0.244 e. The quantitative estimate of drug-likeness (QED) is 0.908. The highest BCUT2D eigenvalue weighted by Gasteiger charge is 2.39. The van der Waals surface area contributed by atoms with E-state index in [0.717, 1.165) is 19.3 Å². The number of carbonyl (C=O) groups is 1. The van der Waals surface area contributed by atoms with Crippen LogP contribution in [0.15, 0.2) is 12.4 Å². The van der Waals surface area contributed by atoms with E-state index in [-0.39, 0.29) is 11.9 Å². The molecule has 5 nitrogen and oxygen atoms in total. The number of aromatic nitrogens is 2. The van der Waals surface area contributed by atoms with Gasteiger partial charge in [-0.05, 0) is 26.7 Å². The molecule has 1 heterocycles. The average Bonchev–Trinajstić information content (AvgIpc) is 2.88. The van der Waals surface area contributed by atoms with Crippen molar-refractivity contribution in [3.8, 4) is 6.07 Å². The molecular formula is C14H20N4O. The number of anilines is 1. The monoisotopic (exact) mass is 260 g/mol. The van der Waals surface area contributed by atoms with Gasteiger partial charge in [-0.3, -0.25) is 9.48 Å². The van der Waals surface area contributed by atoms with Gasteiger partial charge in [0.1, 0.15) is 5.41 Å². The molecule has 1 fully saturated rings. The minimum atomic E-state index is -0.849. The smallest absolute Gasteiger partial charge is 0.244 e. The van der Waals surface area contributed by atoms with E-state index in [4.69, 9.17) is 0 Å². The summed E-state index contributed by atoms with van der Waals surface area (Å²) in [5.74, 6) is -0.182. The Kier molecular flexibility index (Phi) is 3.89. The van der Waals surface area contributed by atoms with Crippen molar-refractivity contribution in [1.29, 1.82) is 5.26 Å². The summed E-state index contributed by atoms with van der Waals surface area (Å²) in [7, 11) is 0. The Morgan fingerprint density at radius 2 is 2.16 bits per heavy atom. The van der Waals surface area contributed by atoms with Crippen LogP contribution in [0.2, 0.25) is 0 Å². The third-order valence-electron chi connectivity index (χ3n) is 3.74. The van der Waals surface area contributed by atoms with Gasteiger partial charge >= 0.3 is 0 Å². The van der Waals surface area contributed by atoms with Crippen molar-refractivity contribution in [2.75, 3.05) is 5.32 Å². The summed E-state index contributed by atoms with van der Waals surface area (Å²) in [5, 5.41) is 16.4. The molecule has 5 heteroatoms. The highest BCUT2D eigenvalue weighted by Crippen LogP contribution is 2.36. The fourth-order valence-corrected chi connectivity index (χ4v) is 2.48. The van der Waals surface area contributed by atoms with Crippen LogP contribution in [0, 0.1) is 16.7 Å². The van der Waals surface area contributed by atoms with Gasteiger partial charge in [0.05, 0.1) is 18.0 Å². The normalized spacial score (nSPS) is 18.0. The van der Waals surface area contributed by atoms with Crippen LogP contribution < -0.4 is 5.32 Å². The second-order valence-electron chi connectivity index (χ2n) is 5.51. The fourth-order valence-electron chi connectivity index (χ4n) is 2.48. The van der Waals surface area contributed by atoms with Gasteiger partial charge in [-0.2, -0.15) is 10.4 Å². The van der Waals surface area contributed by atoms with E-state index < -0.39 is 5.41 Å². The molecule has 1 aromatic heterocycles. The van der Waals surface area contributed by atoms with Gasteiger partial charge in [0.15, 0.2) is 0 Å². The van der Waals surface area contributed by atoms with Crippen LogP contribution in [-0.2, 0) is 4.79 Å². The highest BCUT2D eigenvalue weighted by molar-refractivity contribution is 5.97. The lowest BCUT2D eigenvalue weighted by Crippen LogP contribution is -2.36. The molecule has 0 atom stereocenters. The second-order valence-corrected chi connectivity index (χ2v) is 5.51. The van der Waals surface area contributed by atoms with Crippen LogP contribution in [0.25, 0.3) is 0 Å². The Morgan fingerprint density at radius 3 is 2.68 bits per heavy atom. The van der Waals surface area contributed by atoms with Crippen molar-refractivity contribution in [2.24, 2.45) is 5.41 Å². The van der Waals surface area contributed by atoms with E-state index in [1.165, 1.54) is 0 Å². The predicted octanol–water partition coefficient (Wildman–Crippen LogP) is 2.88. The van der Waals surface area contributed by atoms with Gasteiger partial charge in [-0.1, -0.05) is 19.3 Å². The second kappa shape index (κ2) is 5.43.